The van der Waals surface area contributed by atoms with Crippen molar-refractivity contribution in [3.05, 3.63) is 23.3 Å². The standard InChI is InChI=1S/C17H21NO4/c1-3-21-15-7-11-5-6-18-14(8-12(19)9-17(18)20)13(11)10-16(15)22-4-2/h7,10,14H,3-6,8-9H2,1-2H3. The fourth-order valence-electron chi connectivity index (χ4n) is 3.32. The molecule has 118 valence electrons. The fraction of sp³-hybridized carbons (Fsp3) is 0.529. The Morgan fingerprint density at radius 1 is 1.14 bits per heavy atom. The molecule has 5 nitrogen and oxygen atoms in total. The lowest BCUT2D eigenvalue weighted by Gasteiger charge is -2.40. The second kappa shape index (κ2) is 5.99. The molecule has 0 aromatic heterocycles. The summed E-state index contributed by atoms with van der Waals surface area (Å²) in [6.07, 6.45) is 1.23. The van der Waals surface area contributed by atoms with Crippen LogP contribution in [0.25, 0.3) is 0 Å². The van der Waals surface area contributed by atoms with Crippen molar-refractivity contribution >= 4 is 11.7 Å². The molecule has 3 rings (SSSR count). The van der Waals surface area contributed by atoms with Gasteiger partial charge >= 0.3 is 0 Å². The molecular formula is C17H21NO4. The second-order valence-corrected chi connectivity index (χ2v) is 5.64. The predicted octanol–water partition coefficient (Wildman–Crippen LogP) is 2.27. The monoisotopic (exact) mass is 303 g/mol. The van der Waals surface area contributed by atoms with Crippen LogP contribution in [0.4, 0.5) is 0 Å². The number of hydrogen-bond donors (Lipinski definition) is 0. The predicted molar refractivity (Wildman–Crippen MR) is 81.2 cm³/mol. The number of fused-ring (bicyclic) bond motifs is 3. The van der Waals surface area contributed by atoms with E-state index in [-0.39, 0.29) is 24.2 Å². The molecule has 22 heavy (non-hydrogen) atoms. The first kappa shape index (κ1) is 14.9. The zero-order valence-electron chi connectivity index (χ0n) is 13.1. The Kier molecular flexibility index (Phi) is 4.05. The van der Waals surface area contributed by atoms with Gasteiger partial charge in [0.1, 0.15) is 5.78 Å². The average molecular weight is 303 g/mol. The van der Waals surface area contributed by atoms with E-state index in [1.54, 1.807) is 0 Å². The van der Waals surface area contributed by atoms with Crippen LogP contribution in [0, 0.1) is 0 Å². The zero-order chi connectivity index (χ0) is 15.7. The van der Waals surface area contributed by atoms with Crippen LogP contribution in [0.3, 0.4) is 0 Å². The van der Waals surface area contributed by atoms with E-state index >= 15 is 0 Å². The van der Waals surface area contributed by atoms with E-state index in [0.29, 0.717) is 31.9 Å². The molecule has 1 unspecified atom stereocenters. The highest BCUT2D eigenvalue weighted by Crippen LogP contribution is 2.41. The zero-order valence-corrected chi connectivity index (χ0v) is 13.1. The van der Waals surface area contributed by atoms with Crippen molar-refractivity contribution in [2.45, 2.75) is 39.2 Å². The van der Waals surface area contributed by atoms with Crippen LogP contribution in [0.5, 0.6) is 11.5 Å². The number of amides is 1. The van der Waals surface area contributed by atoms with Gasteiger partial charge in [-0.3, -0.25) is 9.59 Å². The lowest BCUT2D eigenvalue weighted by molar-refractivity contribution is -0.143. The molecule has 0 saturated carbocycles. The van der Waals surface area contributed by atoms with Crippen molar-refractivity contribution in [2.24, 2.45) is 0 Å². The lowest BCUT2D eigenvalue weighted by Crippen LogP contribution is -2.45. The van der Waals surface area contributed by atoms with Crippen LogP contribution in [0.15, 0.2) is 12.1 Å². The van der Waals surface area contributed by atoms with E-state index in [2.05, 4.69) is 0 Å². The van der Waals surface area contributed by atoms with Crippen LogP contribution in [0.1, 0.15) is 43.9 Å². The van der Waals surface area contributed by atoms with Gasteiger partial charge in [-0.05, 0) is 43.5 Å². The Morgan fingerprint density at radius 3 is 2.50 bits per heavy atom. The molecule has 5 heteroatoms. The third-order valence-corrected chi connectivity index (χ3v) is 4.25. The molecule has 1 saturated heterocycles. The maximum Gasteiger partial charge on any atom is 0.230 e. The highest BCUT2D eigenvalue weighted by Gasteiger charge is 2.37. The Labute approximate surface area is 130 Å². The first-order valence-corrected chi connectivity index (χ1v) is 7.87. The minimum Gasteiger partial charge on any atom is -0.490 e. The number of ether oxygens (including phenoxy) is 2. The van der Waals surface area contributed by atoms with Gasteiger partial charge < -0.3 is 14.4 Å². The minimum absolute atomic E-state index is 0.0194. The third kappa shape index (κ3) is 2.56. The Bertz CT molecular complexity index is 611. The van der Waals surface area contributed by atoms with Gasteiger partial charge in [0.15, 0.2) is 11.5 Å². The molecule has 1 fully saturated rings. The van der Waals surface area contributed by atoms with Crippen molar-refractivity contribution in [3.8, 4) is 11.5 Å². The Hall–Kier alpha value is -2.04. The second-order valence-electron chi connectivity index (χ2n) is 5.64. The Balaban J connectivity index is 2.02. The van der Waals surface area contributed by atoms with E-state index in [9.17, 15) is 9.59 Å². The van der Waals surface area contributed by atoms with Gasteiger partial charge in [-0.15, -0.1) is 0 Å². The maximum absolute atomic E-state index is 12.1. The SMILES string of the molecule is CCOc1cc2c(cc1OCC)C1CC(=O)CC(=O)N1CC2. The summed E-state index contributed by atoms with van der Waals surface area (Å²) >= 11 is 0. The van der Waals surface area contributed by atoms with Crippen molar-refractivity contribution < 1.29 is 19.1 Å². The van der Waals surface area contributed by atoms with Crippen LogP contribution in [-0.4, -0.2) is 36.3 Å². The molecule has 0 aliphatic carbocycles. The molecule has 1 atom stereocenters. The summed E-state index contributed by atoms with van der Waals surface area (Å²) in [4.78, 5) is 25.7. The van der Waals surface area contributed by atoms with Crippen LogP contribution in [-0.2, 0) is 16.0 Å². The number of nitrogens with zero attached hydrogens (tertiary/aromatic N) is 1. The summed E-state index contributed by atoms with van der Waals surface area (Å²) in [6, 6.07) is 3.81. The van der Waals surface area contributed by atoms with Crippen LogP contribution < -0.4 is 9.47 Å². The molecule has 2 aliphatic rings. The highest BCUT2D eigenvalue weighted by atomic mass is 16.5. The van der Waals surface area contributed by atoms with E-state index in [0.717, 1.165) is 23.3 Å². The average Bonchev–Trinajstić information content (AvgIpc) is 2.48. The smallest absolute Gasteiger partial charge is 0.230 e. The highest BCUT2D eigenvalue weighted by molar-refractivity contribution is 6.01. The molecule has 0 N–H and O–H groups in total. The normalized spacial score (nSPS) is 20.5. The van der Waals surface area contributed by atoms with Crippen LogP contribution >= 0.6 is 0 Å². The van der Waals surface area contributed by atoms with E-state index in [4.69, 9.17) is 9.47 Å². The third-order valence-electron chi connectivity index (χ3n) is 4.25. The quantitative estimate of drug-likeness (QED) is 0.801. The van der Waals surface area contributed by atoms with Gasteiger partial charge in [0, 0.05) is 13.0 Å². The molecule has 0 radical (unpaired) electrons. The number of carbonyl (C=O) groups is 2. The summed E-state index contributed by atoms with van der Waals surface area (Å²) in [5, 5.41) is 0. The van der Waals surface area contributed by atoms with Crippen molar-refractivity contribution in [1.29, 1.82) is 0 Å². The molecular weight excluding hydrogens is 282 g/mol. The van der Waals surface area contributed by atoms with E-state index in [1.807, 2.05) is 30.9 Å². The lowest BCUT2D eigenvalue weighted by atomic mass is 9.86. The van der Waals surface area contributed by atoms with Crippen molar-refractivity contribution in [2.75, 3.05) is 19.8 Å². The van der Waals surface area contributed by atoms with E-state index in [1.165, 1.54) is 0 Å². The topological polar surface area (TPSA) is 55.8 Å². The molecule has 1 aromatic carbocycles. The molecule has 0 spiro atoms. The molecule has 1 amide bonds. The molecule has 0 bridgehead atoms. The van der Waals surface area contributed by atoms with Gasteiger partial charge in [0.25, 0.3) is 0 Å². The van der Waals surface area contributed by atoms with Crippen molar-refractivity contribution in [3.63, 3.8) is 0 Å². The number of benzene rings is 1. The minimum atomic E-state index is -0.146. The largest absolute Gasteiger partial charge is 0.490 e. The van der Waals surface area contributed by atoms with Gasteiger partial charge in [-0.2, -0.15) is 0 Å². The van der Waals surface area contributed by atoms with Gasteiger partial charge in [0.05, 0.1) is 25.7 Å². The molecule has 1 aromatic rings. The number of hydrogen-bond acceptors (Lipinski definition) is 4. The fourth-order valence-corrected chi connectivity index (χ4v) is 3.32. The van der Waals surface area contributed by atoms with Gasteiger partial charge in [0.2, 0.25) is 5.91 Å². The first-order valence-electron chi connectivity index (χ1n) is 7.87. The summed E-state index contributed by atoms with van der Waals surface area (Å²) in [6.45, 7) is 5.66. The number of carbonyl (C=O) groups excluding carboxylic acids is 2. The number of piperidine rings is 1. The molecule has 2 aliphatic heterocycles. The summed E-state index contributed by atoms with van der Waals surface area (Å²) in [7, 11) is 0. The first-order chi connectivity index (χ1) is 10.6. The van der Waals surface area contributed by atoms with Gasteiger partial charge in [-0.25, -0.2) is 0 Å². The maximum atomic E-state index is 12.1. The summed E-state index contributed by atoms with van der Waals surface area (Å²) < 4.78 is 11.3. The van der Waals surface area contributed by atoms with E-state index < -0.39 is 0 Å². The van der Waals surface area contributed by atoms with Gasteiger partial charge in [-0.1, -0.05) is 0 Å². The summed E-state index contributed by atoms with van der Waals surface area (Å²) in [5.41, 5.74) is 2.18. The van der Waals surface area contributed by atoms with Crippen LogP contribution in [0.2, 0.25) is 0 Å². The van der Waals surface area contributed by atoms with Crippen molar-refractivity contribution in [1.82, 2.24) is 4.90 Å². The number of ketones is 1. The number of Topliss-reactive ketones (excluding diaryl/α,β-unsaturated/α-hetero) is 1. The number of rotatable bonds is 4. The Morgan fingerprint density at radius 2 is 1.82 bits per heavy atom. The molecule has 2 heterocycles. The summed E-state index contributed by atoms with van der Waals surface area (Å²) in [5.74, 6) is 1.39.